The van der Waals surface area contributed by atoms with Crippen molar-refractivity contribution in [3.8, 4) is 5.69 Å². The summed E-state index contributed by atoms with van der Waals surface area (Å²) in [4.78, 5) is 12.5. The van der Waals surface area contributed by atoms with Crippen LogP contribution in [0.5, 0.6) is 0 Å². The minimum absolute atomic E-state index is 0.00880. The van der Waals surface area contributed by atoms with Gasteiger partial charge in [0.25, 0.3) is 0 Å². The number of ketones is 1. The number of Topliss-reactive ketones (excluding diaryl/α,β-unsaturated/α-hetero) is 1. The summed E-state index contributed by atoms with van der Waals surface area (Å²) >= 11 is 5.82. The average molecular weight is 390 g/mol. The van der Waals surface area contributed by atoms with E-state index in [2.05, 4.69) is 9.82 Å². The number of hydrogen-bond acceptors (Lipinski definition) is 4. The minimum atomic E-state index is -3.83. The van der Waals surface area contributed by atoms with Crippen molar-refractivity contribution < 1.29 is 13.2 Å². The third-order valence-corrected chi connectivity index (χ3v) is 5.47. The van der Waals surface area contributed by atoms with Gasteiger partial charge in [0.15, 0.2) is 5.78 Å². The fraction of sp³-hybridized carbons (Fsp3) is 0.111. The van der Waals surface area contributed by atoms with E-state index in [4.69, 9.17) is 11.6 Å². The molecular weight excluding hydrogens is 374 g/mol. The van der Waals surface area contributed by atoms with Gasteiger partial charge in [0.2, 0.25) is 10.0 Å². The summed E-state index contributed by atoms with van der Waals surface area (Å²) in [5.41, 5.74) is 1.83. The van der Waals surface area contributed by atoms with Gasteiger partial charge in [-0.3, -0.25) is 4.79 Å². The normalized spacial score (nSPS) is 11.5. The number of hydrogen-bond donors (Lipinski definition) is 1. The number of nitrogens with one attached hydrogen (secondary N) is 1. The Morgan fingerprint density at radius 3 is 2.58 bits per heavy atom. The summed E-state index contributed by atoms with van der Waals surface area (Å²) in [5.74, 6) is -0.365. The second-order valence-electron chi connectivity index (χ2n) is 5.60. The van der Waals surface area contributed by atoms with Crippen LogP contribution in [0, 0.1) is 6.92 Å². The number of halogens is 1. The van der Waals surface area contributed by atoms with E-state index in [0.29, 0.717) is 16.3 Å². The van der Waals surface area contributed by atoms with Crippen molar-refractivity contribution >= 4 is 27.4 Å². The molecule has 3 rings (SSSR count). The first-order valence-electron chi connectivity index (χ1n) is 7.77. The van der Waals surface area contributed by atoms with E-state index in [9.17, 15) is 13.2 Å². The first-order chi connectivity index (χ1) is 12.4. The molecule has 0 saturated heterocycles. The van der Waals surface area contributed by atoms with Gasteiger partial charge in [0.1, 0.15) is 0 Å². The number of rotatable bonds is 6. The largest absolute Gasteiger partial charge is 0.293 e. The lowest BCUT2D eigenvalue weighted by atomic mass is 10.2. The van der Waals surface area contributed by atoms with Crippen LogP contribution in [0.1, 0.15) is 16.1 Å². The molecule has 0 bridgehead atoms. The summed E-state index contributed by atoms with van der Waals surface area (Å²) in [6.07, 6.45) is 1.44. The van der Waals surface area contributed by atoms with Crippen LogP contribution in [0.2, 0.25) is 5.02 Å². The summed E-state index contributed by atoms with van der Waals surface area (Å²) < 4.78 is 28.5. The van der Waals surface area contributed by atoms with Crippen molar-refractivity contribution in [2.75, 3.05) is 6.54 Å². The van der Waals surface area contributed by atoms with Crippen molar-refractivity contribution in [3.63, 3.8) is 0 Å². The van der Waals surface area contributed by atoms with Crippen molar-refractivity contribution in [1.29, 1.82) is 0 Å². The number of aromatic nitrogens is 2. The molecule has 0 spiro atoms. The third-order valence-electron chi connectivity index (χ3n) is 3.84. The van der Waals surface area contributed by atoms with Gasteiger partial charge in [0.05, 0.1) is 34.6 Å². The minimum Gasteiger partial charge on any atom is -0.293 e. The molecule has 1 aromatic heterocycles. The fourth-order valence-electron chi connectivity index (χ4n) is 2.49. The molecular formula is C18H16ClN3O3S. The Morgan fingerprint density at radius 1 is 1.15 bits per heavy atom. The first kappa shape index (κ1) is 18.3. The number of carbonyl (C=O) groups is 1. The van der Waals surface area contributed by atoms with Gasteiger partial charge >= 0.3 is 0 Å². The van der Waals surface area contributed by atoms with E-state index in [-0.39, 0.29) is 17.2 Å². The van der Waals surface area contributed by atoms with E-state index in [1.807, 2.05) is 30.3 Å². The van der Waals surface area contributed by atoms with Crippen LogP contribution in [-0.2, 0) is 10.0 Å². The molecule has 0 amide bonds. The zero-order valence-electron chi connectivity index (χ0n) is 13.9. The zero-order chi connectivity index (χ0) is 18.7. The van der Waals surface area contributed by atoms with Crippen molar-refractivity contribution in [2.24, 2.45) is 0 Å². The van der Waals surface area contributed by atoms with Crippen LogP contribution in [0.4, 0.5) is 0 Å². The first-order valence-corrected chi connectivity index (χ1v) is 9.63. The molecule has 0 atom stereocenters. The van der Waals surface area contributed by atoms with Gasteiger partial charge in [-0.15, -0.1) is 0 Å². The Hall–Kier alpha value is -2.48. The molecule has 1 heterocycles. The van der Waals surface area contributed by atoms with Crippen molar-refractivity contribution in [1.82, 2.24) is 14.5 Å². The van der Waals surface area contributed by atoms with E-state index in [1.54, 1.807) is 17.7 Å². The Balaban J connectivity index is 1.76. The van der Waals surface area contributed by atoms with Crippen LogP contribution in [0.25, 0.3) is 5.69 Å². The highest BCUT2D eigenvalue weighted by Gasteiger charge is 2.19. The van der Waals surface area contributed by atoms with Gasteiger partial charge in [-0.1, -0.05) is 35.9 Å². The predicted octanol–water partition coefficient (Wildman–Crippen LogP) is 3.00. The van der Waals surface area contributed by atoms with E-state index in [1.165, 1.54) is 24.4 Å². The van der Waals surface area contributed by atoms with Crippen LogP contribution < -0.4 is 4.72 Å². The maximum Gasteiger partial charge on any atom is 0.241 e. The molecule has 1 N–H and O–H groups in total. The molecule has 0 fully saturated rings. The highest BCUT2D eigenvalue weighted by Crippen LogP contribution is 2.16. The standard InChI is InChI=1S/C18H16ClN3O3S/c1-13-17(11-20-22(13)15-7-3-2-4-8-15)18(23)12-21-26(24,25)16-9-5-6-14(19)10-16/h2-11,21H,12H2,1H3. The monoisotopic (exact) mass is 389 g/mol. The molecule has 0 aliphatic rings. The van der Waals surface area contributed by atoms with Crippen molar-refractivity contribution in [2.45, 2.75) is 11.8 Å². The zero-order valence-corrected chi connectivity index (χ0v) is 15.5. The van der Waals surface area contributed by atoms with E-state index < -0.39 is 10.0 Å². The molecule has 134 valence electrons. The summed E-state index contributed by atoms with van der Waals surface area (Å²) in [7, 11) is -3.83. The van der Waals surface area contributed by atoms with Crippen LogP contribution in [0.15, 0.2) is 65.7 Å². The lowest BCUT2D eigenvalue weighted by Gasteiger charge is -2.07. The molecule has 0 saturated carbocycles. The number of sulfonamides is 1. The molecule has 6 nitrogen and oxygen atoms in total. The van der Waals surface area contributed by atoms with Crippen LogP contribution in [0.3, 0.4) is 0 Å². The Labute approximate surface area is 156 Å². The lowest BCUT2D eigenvalue weighted by molar-refractivity contribution is 0.0996. The predicted molar refractivity (Wildman–Crippen MR) is 99.3 cm³/mol. The van der Waals surface area contributed by atoms with Crippen molar-refractivity contribution in [3.05, 3.63) is 77.1 Å². The maximum atomic E-state index is 12.4. The number of benzene rings is 2. The summed E-state index contributed by atoms with van der Waals surface area (Å²) in [6.45, 7) is 1.40. The molecule has 0 radical (unpaired) electrons. The lowest BCUT2D eigenvalue weighted by Crippen LogP contribution is -2.29. The second-order valence-corrected chi connectivity index (χ2v) is 7.80. The van der Waals surface area contributed by atoms with Crippen LogP contribution in [-0.4, -0.2) is 30.5 Å². The maximum absolute atomic E-state index is 12.4. The van der Waals surface area contributed by atoms with Gasteiger partial charge in [-0.25, -0.2) is 17.8 Å². The topological polar surface area (TPSA) is 81.1 Å². The molecule has 26 heavy (non-hydrogen) atoms. The summed E-state index contributed by atoms with van der Waals surface area (Å²) in [6, 6.07) is 15.2. The van der Waals surface area contributed by atoms with Gasteiger partial charge in [-0.05, 0) is 37.3 Å². The quantitative estimate of drug-likeness (QED) is 0.657. The third kappa shape index (κ3) is 3.85. The van der Waals surface area contributed by atoms with Gasteiger partial charge in [-0.2, -0.15) is 5.10 Å². The van der Waals surface area contributed by atoms with E-state index >= 15 is 0 Å². The molecule has 0 aliphatic heterocycles. The SMILES string of the molecule is Cc1c(C(=O)CNS(=O)(=O)c2cccc(Cl)c2)cnn1-c1ccccc1. The molecule has 0 unspecified atom stereocenters. The number of carbonyl (C=O) groups excluding carboxylic acids is 1. The molecule has 3 aromatic rings. The average Bonchev–Trinajstić information content (AvgIpc) is 3.02. The Kier molecular flexibility index (Phi) is 5.22. The molecule has 0 aliphatic carbocycles. The van der Waals surface area contributed by atoms with Gasteiger partial charge < -0.3 is 0 Å². The highest BCUT2D eigenvalue weighted by molar-refractivity contribution is 7.89. The van der Waals surface area contributed by atoms with E-state index in [0.717, 1.165) is 5.69 Å². The molecule has 8 heteroatoms. The Bertz CT molecular complexity index is 1050. The smallest absolute Gasteiger partial charge is 0.241 e. The number of para-hydroxylation sites is 1. The highest BCUT2D eigenvalue weighted by atomic mass is 35.5. The fourth-order valence-corrected chi connectivity index (χ4v) is 3.77. The summed E-state index contributed by atoms with van der Waals surface area (Å²) in [5, 5.41) is 4.53. The van der Waals surface area contributed by atoms with Gasteiger partial charge in [0, 0.05) is 5.02 Å². The second kappa shape index (κ2) is 7.41. The molecule has 2 aromatic carbocycles. The Morgan fingerprint density at radius 2 is 1.88 bits per heavy atom. The number of nitrogens with zero attached hydrogens (tertiary/aromatic N) is 2. The van der Waals surface area contributed by atoms with Crippen LogP contribution >= 0.6 is 11.6 Å².